The molecule has 0 spiro atoms. The molecule has 224 valence electrons. The third-order valence-electron chi connectivity index (χ3n) is 6.46. The van der Waals surface area contributed by atoms with Crippen molar-refractivity contribution in [2.24, 2.45) is 0 Å². The minimum Gasteiger partial charge on any atom is -0.481 e. The zero-order valence-corrected chi connectivity index (χ0v) is 25.2. The molecule has 0 unspecified atom stereocenters. The number of unbranched alkanes of at least 4 members (excludes halogenated alkanes) is 12. The lowest BCUT2D eigenvalue weighted by molar-refractivity contribution is -0.138. The Hall–Kier alpha value is -2.88. The van der Waals surface area contributed by atoms with E-state index in [-0.39, 0.29) is 0 Å². The van der Waals surface area contributed by atoms with Gasteiger partial charge in [0.2, 0.25) is 0 Å². The van der Waals surface area contributed by atoms with Gasteiger partial charge in [-0.2, -0.15) is 0 Å². The second-order valence-electron chi connectivity index (χ2n) is 10.2. The van der Waals surface area contributed by atoms with Gasteiger partial charge in [0.1, 0.15) is 0 Å². The molecule has 0 bridgehead atoms. The molecule has 0 aromatic carbocycles. The van der Waals surface area contributed by atoms with Crippen LogP contribution in [0, 0.1) is 0 Å². The molecule has 40 heavy (non-hydrogen) atoms. The van der Waals surface area contributed by atoms with Crippen molar-refractivity contribution in [2.45, 2.75) is 129 Å². The first-order chi connectivity index (χ1) is 19.6. The van der Waals surface area contributed by atoms with Gasteiger partial charge in [0.25, 0.3) is 0 Å². The Kier molecular flexibility index (Phi) is 28.5. The normalized spacial score (nSPS) is 13.0. The molecule has 4 heteroatoms. The molecule has 0 aliphatic carbocycles. The first kappa shape index (κ1) is 37.1. The van der Waals surface area contributed by atoms with Crippen LogP contribution in [0.3, 0.4) is 0 Å². The molecule has 0 saturated heterocycles. The van der Waals surface area contributed by atoms with E-state index in [1.54, 1.807) is 0 Å². The van der Waals surface area contributed by atoms with Crippen LogP contribution in [0.25, 0.3) is 0 Å². The van der Waals surface area contributed by atoms with Crippen molar-refractivity contribution in [1.82, 2.24) is 0 Å². The van der Waals surface area contributed by atoms with E-state index < -0.39 is 11.9 Å². The summed E-state index contributed by atoms with van der Waals surface area (Å²) >= 11 is 0. The van der Waals surface area contributed by atoms with Gasteiger partial charge in [-0.15, -0.1) is 0 Å². The Balaban J connectivity index is 3.83. The van der Waals surface area contributed by atoms with Crippen LogP contribution in [-0.2, 0) is 9.59 Å². The van der Waals surface area contributed by atoms with E-state index in [1.165, 1.54) is 44.1 Å². The maximum absolute atomic E-state index is 10.5. The zero-order chi connectivity index (χ0) is 29.4. The maximum Gasteiger partial charge on any atom is 0.303 e. The number of carboxylic acids is 2. The Morgan fingerprint density at radius 3 is 1.30 bits per heavy atom. The van der Waals surface area contributed by atoms with Gasteiger partial charge in [0.05, 0.1) is 0 Å². The molecule has 0 fully saturated rings. The van der Waals surface area contributed by atoms with Gasteiger partial charge >= 0.3 is 11.9 Å². The predicted octanol–water partition coefficient (Wildman–Crippen LogP) is 10.9. The molecule has 0 aliphatic heterocycles. The summed E-state index contributed by atoms with van der Waals surface area (Å²) in [6.07, 6.45) is 47.1. The van der Waals surface area contributed by atoms with Crippen LogP contribution >= 0.6 is 0 Å². The van der Waals surface area contributed by atoms with E-state index in [9.17, 15) is 9.59 Å². The summed E-state index contributed by atoms with van der Waals surface area (Å²) < 4.78 is 0. The summed E-state index contributed by atoms with van der Waals surface area (Å²) in [6.45, 7) is 2.19. The molecule has 0 radical (unpaired) electrons. The van der Waals surface area contributed by atoms with Crippen molar-refractivity contribution in [1.29, 1.82) is 0 Å². The molecule has 2 N–H and O–H groups in total. The quantitative estimate of drug-likeness (QED) is 0.0785. The third kappa shape index (κ3) is 31.3. The summed E-state index contributed by atoms with van der Waals surface area (Å²) in [5.41, 5.74) is 1.41. The Morgan fingerprint density at radius 2 is 0.850 bits per heavy atom. The fourth-order valence-corrected chi connectivity index (χ4v) is 4.20. The minimum atomic E-state index is -0.689. The van der Waals surface area contributed by atoms with Crippen LogP contribution in [-0.4, -0.2) is 22.2 Å². The summed E-state index contributed by atoms with van der Waals surface area (Å²) in [5.74, 6) is -1.38. The Labute approximate surface area is 245 Å². The minimum absolute atomic E-state index is 0.297. The number of allylic oxidation sites excluding steroid dienone is 14. The van der Waals surface area contributed by atoms with Crippen LogP contribution in [0.15, 0.2) is 84.6 Å². The fourth-order valence-electron chi connectivity index (χ4n) is 4.20. The number of aliphatic carboxylic acids is 2. The van der Waals surface area contributed by atoms with Crippen LogP contribution < -0.4 is 0 Å². The van der Waals surface area contributed by atoms with Crippen LogP contribution in [0.1, 0.15) is 129 Å². The predicted molar refractivity (Wildman–Crippen MR) is 172 cm³/mol. The van der Waals surface area contributed by atoms with E-state index in [2.05, 4.69) is 85.9 Å². The van der Waals surface area contributed by atoms with E-state index in [4.69, 9.17) is 10.2 Å². The highest BCUT2D eigenvalue weighted by Crippen LogP contribution is 2.12. The standard InChI is InChI=1S/C36H56O4/c1-2-29-34(31-26-22-18-14-10-8-12-16-20-24-28-33-36(39)40)30-25-21-17-13-9-6-4-3-5-7-11-15-19-23-27-32-35(37)38/h3-6,9-10,13-14,18,22,26,29,31H,2,7-8,11-12,15-17,19-21,23-25,27-28,30,32-33H2,1H3,(H,37,38)(H,39,40). The lowest BCUT2D eigenvalue weighted by Crippen LogP contribution is -1.93. The SMILES string of the molecule is CCC=C(C=CC=CC=CCCCCCCCC(=O)O)CCCCC=CC=CC=CCCCCCCCC(=O)O. The van der Waals surface area contributed by atoms with Crippen molar-refractivity contribution in [2.75, 3.05) is 0 Å². The third-order valence-corrected chi connectivity index (χ3v) is 6.46. The van der Waals surface area contributed by atoms with Crippen molar-refractivity contribution in [3.05, 3.63) is 84.6 Å². The highest BCUT2D eigenvalue weighted by Gasteiger charge is 1.97. The highest BCUT2D eigenvalue weighted by molar-refractivity contribution is 5.66. The molecule has 0 amide bonds. The number of rotatable bonds is 27. The van der Waals surface area contributed by atoms with Crippen molar-refractivity contribution >= 4 is 11.9 Å². The van der Waals surface area contributed by atoms with E-state index in [0.29, 0.717) is 12.8 Å². The Bertz CT molecular complexity index is 824. The molecule has 0 rings (SSSR count). The molecule has 0 atom stereocenters. The first-order valence-electron chi connectivity index (χ1n) is 15.7. The lowest BCUT2D eigenvalue weighted by Gasteiger charge is -2.01. The number of hydrogen-bond acceptors (Lipinski definition) is 2. The topological polar surface area (TPSA) is 74.6 Å². The van der Waals surface area contributed by atoms with Crippen LogP contribution in [0.4, 0.5) is 0 Å². The van der Waals surface area contributed by atoms with E-state index in [1.807, 2.05) is 0 Å². The average molecular weight is 553 g/mol. The molecular formula is C36H56O4. The van der Waals surface area contributed by atoms with Gasteiger partial charge in [-0.3, -0.25) is 9.59 Å². The van der Waals surface area contributed by atoms with Crippen molar-refractivity contribution in [3.8, 4) is 0 Å². The fraction of sp³-hybridized carbons (Fsp3) is 0.556. The van der Waals surface area contributed by atoms with Gasteiger partial charge in [-0.25, -0.2) is 0 Å². The highest BCUT2D eigenvalue weighted by atomic mass is 16.4. The molecule has 0 aromatic heterocycles. The monoisotopic (exact) mass is 552 g/mol. The molecule has 0 saturated carbocycles. The summed E-state index contributed by atoms with van der Waals surface area (Å²) in [5, 5.41) is 17.2. The molecule has 0 aromatic rings. The number of carbonyl (C=O) groups is 2. The smallest absolute Gasteiger partial charge is 0.303 e. The largest absolute Gasteiger partial charge is 0.481 e. The average Bonchev–Trinajstić information content (AvgIpc) is 2.92. The number of carboxylic acid groups (broad SMARTS) is 2. The molecular weight excluding hydrogens is 496 g/mol. The molecule has 0 aliphatic rings. The second-order valence-corrected chi connectivity index (χ2v) is 10.2. The first-order valence-corrected chi connectivity index (χ1v) is 15.7. The molecule has 0 heterocycles. The van der Waals surface area contributed by atoms with Gasteiger partial charge in [0.15, 0.2) is 0 Å². The number of hydrogen-bond donors (Lipinski definition) is 2. The molecule has 4 nitrogen and oxygen atoms in total. The zero-order valence-electron chi connectivity index (χ0n) is 25.2. The summed E-state index contributed by atoms with van der Waals surface area (Å²) in [6, 6.07) is 0. The van der Waals surface area contributed by atoms with Gasteiger partial charge < -0.3 is 10.2 Å². The van der Waals surface area contributed by atoms with E-state index in [0.717, 1.165) is 70.6 Å². The Morgan fingerprint density at radius 1 is 0.475 bits per heavy atom. The summed E-state index contributed by atoms with van der Waals surface area (Å²) in [4.78, 5) is 20.9. The summed E-state index contributed by atoms with van der Waals surface area (Å²) in [7, 11) is 0. The van der Waals surface area contributed by atoms with E-state index >= 15 is 0 Å². The van der Waals surface area contributed by atoms with Crippen LogP contribution in [0.2, 0.25) is 0 Å². The van der Waals surface area contributed by atoms with Gasteiger partial charge in [-0.1, -0.05) is 130 Å². The maximum atomic E-state index is 10.5. The van der Waals surface area contributed by atoms with Gasteiger partial charge in [-0.05, 0) is 70.6 Å². The van der Waals surface area contributed by atoms with Crippen molar-refractivity contribution < 1.29 is 19.8 Å². The van der Waals surface area contributed by atoms with Gasteiger partial charge in [0, 0.05) is 12.8 Å². The van der Waals surface area contributed by atoms with Crippen LogP contribution in [0.5, 0.6) is 0 Å². The second kappa shape index (κ2) is 30.7. The lowest BCUT2D eigenvalue weighted by atomic mass is 10.1. The van der Waals surface area contributed by atoms with Crippen molar-refractivity contribution in [3.63, 3.8) is 0 Å².